The van der Waals surface area contributed by atoms with Gasteiger partial charge >= 0.3 is 6.18 Å². The minimum absolute atomic E-state index is 0.0781. The van der Waals surface area contributed by atoms with E-state index in [0.717, 1.165) is 6.92 Å². The smallest absolute Gasteiger partial charge is 0.216 e. The lowest BCUT2D eigenvalue weighted by Gasteiger charge is -2.31. The van der Waals surface area contributed by atoms with Crippen LogP contribution in [0, 0.1) is 5.41 Å². The number of halogens is 5. The van der Waals surface area contributed by atoms with Crippen molar-refractivity contribution in [1.29, 1.82) is 0 Å². The van der Waals surface area contributed by atoms with E-state index in [2.05, 4.69) is 15.9 Å². The number of allylic oxidation sites excluding steroid dienone is 1. The van der Waals surface area contributed by atoms with Crippen molar-refractivity contribution in [2.45, 2.75) is 24.9 Å². The van der Waals surface area contributed by atoms with Crippen molar-refractivity contribution >= 4 is 15.9 Å². The SMILES string of the molecule is CC(Br)[C@@](C)(/C=C/F)C(F)(F)F. The van der Waals surface area contributed by atoms with E-state index in [1.807, 2.05) is 0 Å². The summed E-state index contributed by atoms with van der Waals surface area (Å²) in [5.74, 6) is 0. The highest BCUT2D eigenvalue weighted by Gasteiger charge is 2.52. The molecule has 0 nitrogen and oxygen atoms in total. The lowest BCUT2D eigenvalue weighted by atomic mass is 9.87. The Labute approximate surface area is 76.8 Å². The van der Waals surface area contributed by atoms with Gasteiger partial charge in [0.2, 0.25) is 0 Å². The van der Waals surface area contributed by atoms with Crippen molar-refractivity contribution < 1.29 is 17.6 Å². The van der Waals surface area contributed by atoms with Crippen molar-refractivity contribution in [3.63, 3.8) is 0 Å². The Morgan fingerprint density at radius 3 is 1.83 bits per heavy atom. The molecular weight excluding hydrogens is 240 g/mol. The molecule has 0 bridgehead atoms. The van der Waals surface area contributed by atoms with Gasteiger partial charge in [-0.2, -0.15) is 13.2 Å². The zero-order valence-corrected chi connectivity index (χ0v) is 8.21. The normalized spacial score (nSPS) is 20.9. The molecule has 1 unspecified atom stereocenters. The van der Waals surface area contributed by atoms with E-state index in [0.29, 0.717) is 6.08 Å². The predicted octanol–water partition coefficient (Wildman–Crippen LogP) is 3.82. The van der Waals surface area contributed by atoms with Gasteiger partial charge in [-0.25, -0.2) is 4.39 Å². The second-order valence-corrected chi connectivity index (χ2v) is 4.06. The fourth-order valence-corrected chi connectivity index (χ4v) is 0.996. The van der Waals surface area contributed by atoms with E-state index in [9.17, 15) is 17.6 Å². The lowest BCUT2D eigenvalue weighted by Crippen LogP contribution is -2.39. The highest BCUT2D eigenvalue weighted by Crippen LogP contribution is 2.44. The van der Waals surface area contributed by atoms with Gasteiger partial charge in [-0.15, -0.1) is 0 Å². The molecule has 0 spiro atoms. The summed E-state index contributed by atoms with van der Waals surface area (Å²) in [7, 11) is 0. The Hall–Kier alpha value is -0.0600. The monoisotopic (exact) mass is 248 g/mol. The summed E-state index contributed by atoms with van der Waals surface area (Å²) in [6.45, 7) is 2.26. The second kappa shape index (κ2) is 3.77. The van der Waals surface area contributed by atoms with Crippen LogP contribution in [0.3, 0.4) is 0 Å². The molecule has 0 fully saturated rings. The molecule has 0 aromatic carbocycles. The molecule has 0 N–H and O–H groups in total. The molecule has 2 atom stereocenters. The van der Waals surface area contributed by atoms with Gasteiger partial charge in [0.15, 0.2) is 0 Å². The van der Waals surface area contributed by atoms with Gasteiger partial charge in [0.25, 0.3) is 0 Å². The van der Waals surface area contributed by atoms with Crippen LogP contribution in [-0.2, 0) is 0 Å². The number of alkyl halides is 4. The molecule has 0 saturated heterocycles. The largest absolute Gasteiger partial charge is 0.398 e. The first-order chi connectivity index (χ1) is 5.25. The summed E-state index contributed by atoms with van der Waals surface area (Å²) >= 11 is 2.80. The van der Waals surface area contributed by atoms with Gasteiger partial charge in [-0.1, -0.05) is 22.9 Å². The molecule has 0 aromatic heterocycles. The van der Waals surface area contributed by atoms with Crippen LogP contribution in [0.15, 0.2) is 12.4 Å². The van der Waals surface area contributed by atoms with E-state index < -0.39 is 16.4 Å². The molecule has 0 aliphatic heterocycles. The molecule has 0 aliphatic rings. The Morgan fingerprint density at radius 2 is 1.75 bits per heavy atom. The number of hydrogen-bond donors (Lipinski definition) is 0. The molecule has 0 saturated carbocycles. The van der Waals surface area contributed by atoms with Crippen molar-refractivity contribution in [2.75, 3.05) is 0 Å². The van der Waals surface area contributed by atoms with Gasteiger partial charge in [-0.3, -0.25) is 0 Å². The highest BCUT2D eigenvalue weighted by atomic mass is 79.9. The van der Waals surface area contributed by atoms with Crippen LogP contribution in [0.2, 0.25) is 0 Å². The van der Waals surface area contributed by atoms with E-state index >= 15 is 0 Å². The minimum Gasteiger partial charge on any atom is -0.216 e. The quantitative estimate of drug-likeness (QED) is 0.515. The third-order valence-electron chi connectivity index (χ3n) is 1.85. The highest BCUT2D eigenvalue weighted by molar-refractivity contribution is 9.09. The molecule has 0 aliphatic carbocycles. The van der Waals surface area contributed by atoms with Crippen LogP contribution in [-0.4, -0.2) is 11.0 Å². The first-order valence-electron chi connectivity index (χ1n) is 3.24. The van der Waals surface area contributed by atoms with Gasteiger partial charge in [0.05, 0.1) is 11.7 Å². The fraction of sp³-hybridized carbons (Fsp3) is 0.714. The fourth-order valence-electron chi connectivity index (χ4n) is 0.583. The van der Waals surface area contributed by atoms with Crippen LogP contribution < -0.4 is 0 Å². The second-order valence-electron chi connectivity index (χ2n) is 2.69. The summed E-state index contributed by atoms with van der Waals surface area (Å²) in [6, 6.07) is 0. The average molecular weight is 249 g/mol. The first-order valence-corrected chi connectivity index (χ1v) is 4.16. The zero-order valence-electron chi connectivity index (χ0n) is 6.62. The van der Waals surface area contributed by atoms with Crippen LogP contribution in [0.4, 0.5) is 17.6 Å². The molecule has 0 rings (SSSR count). The van der Waals surface area contributed by atoms with Crippen LogP contribution in [0.1, 0.15) is 13.8 Å². The summed E-state index contributed by atoms with van der Waals surface area (Å²) in [6.07, 6.45) is -4.02. The van der Waals surface area contributed by atoms with E-state index in [-0.39, 0.29) is 6.33 Å². The maximum absolute atomic E-state index is 12.3. The lowest BCUT2D eigenvalue weighted by molar-refractivity contribution is -0.198. The van der Waals surface area contributed by atoms with E-state index in [1.54, 1.807) is 0 Å². The average Bonchev–Trinajstić information content (AvgIpc) is 1.85. The standard InChI is InChI=1S/C7H9BrF4/c1-5(8)6(2,3-4-9)7(10,11)12/h3-5H,1-2H3/b4-3+/t5?,6-/m1/s1. The van der Waals surface area contributed by atoms with Crippen LogP contribution in [0.25, 0.3) is 0 Å². The topological polar surface area (TPSA) is 0 Å². The zero-order chi connectivity index (χ0) is 9.99. The predicted molar refractivity (Wildman–Crippen MR) is 42.8 cm³/mol. The Balaban J connectivity index is 4.88. The molecule has 0 aromatic rings. The van der Waals surface area contributed by atoms with Crippen LogP contribution >= 0.6 is 15.9 Å². The molecule has 0 radical (unpaired) electrons. The summed E-state index contributed by atoms with van der Waals surface area (Å²) in [4.78, 5) is -0.864. The molecule has 72 valence electrons. The molecular formula is C7H9BrF4. The Morgan fingerprint density at radius 1 is 1.33 bits per heavy atom. The maximum Gasteiger partial charge on any atom is 0.398 e. The van der Waals surface area contributed by atoms with Crippen molar-refractivity contribution in [1.82, 2.24) is 0 Å². The summed E-state index contributed by atoms with van der Waals surface area (Å²) < 4.78 is 48.6. The number of rotatable bonds is 2. The van der Waals surface area contributed by atoms with Crippen molar-refractivity contribution in [3.05, 3.63) is 12.4 Å². The Bertz CT molecular complexity index is 173. The molecule has 12 heavy (non-hydrogen) atoms. The van der Waals surface area contributed by atoms with Gasteiger partial charge in [-0.05, 0) is 13.0 Å². The maximum atomic E-state index is 12.3. The first kappa shape index (κ1) is 11.9. The van der Waals surface area contributed by atoms with E-state index in [1.165, 1.54) is 6.92 Å². The number of hydrogen-bond acceptors (Lipinski definition) is 0. The van der Waals surface area contributed by atoms with Crippen molar-refractivity contribution in [2.24, 2.45) is 5.41 Å². The molecule has 5 heteroatoms. The van der Waals surface area contributed by atoms with Gasteiger partial charge in [0, 0.05) is 4.83 Å². The van der Waals surface area contributed by atoms with E-state index in [4.69, 9.17) is 0 Å². The van der Waals surface area contributed by atoms with Gasteiger partial charge < -0.3 is 0 Å². The van der Waals surface area contributed by atoms with Gasteiger partial charge in [0.1, 0.15) is 0 Å². The minimum atomic E-state index is -4.45. The Kier molecular flexibility index (Phi) is 3.75. The summed E-state index contributed by atoms with van der Waals surface area (Å²) in [5, 5.41) is 0. The molecule has 0 amide bonds. The summed E-state index contributed by atoms with van der Waals surface area (Å²) in [5.41, 5.74) is -2.15. The van der Waals surface area contributed by atoms with Crippen molar-refractivity contribution in [3.8, 4) is 0 Å². The van der Waals surface area contributed by atoms with Crippen LogP contribution in [0.5, 0.6) is 0 Å². The molecule has 0 heterocycles. The third kappa shape index (κ3) is 2.21. The third-order valence-corrected chi connectivity index (χ3v) is 2.80.